The molecule has 0 unspecified atom stereocenters. The van der Waals surface area contributed by atoms with E-state index in [0.717, 1.165) is 16.8 Å². The summed E-state index contributed by atoms with van der Waals surface area (Å²) in [5, 5.41) is 18.7. The molecule has 0 spiro atoms. The number of likely N-dealkylation sites (tertiary alicyclic amines) is 1. The zero-order valence-electron chi connectivity index (χ0n) is 15.2. The molecule has 1 aliphatic rings. The molecule has 1 aliphatic heterocycles. The largest absolute Gasteiger partial charge is 0.385 e. The van der Waals surface area contributed by atoms with E-state index in [2.05, 4.69) is 10.2 Å². The second kappa shape index (κ2) is 6.96. The quantitative estimate of drug-likeness (QED) is 0.778. The van der Waals surface area contributed by atoms with Crippen LogP contribution in [0.15, 0.2) is 61.2 Å². The molecule has 0 bridgehead atoms. The van der Waals surface area contributed by atoms with Gasteiger partial charge >= 0.3 is 0 Å². The molecule has 138 valence electrons. The molecule has 1 saturated heterocycles. The van der Waals surface area contributed by atoms with Crippen LogP contribution in [0.5, 0.6) is 0 Å². The number of benzene rings is 2. The maximum Gasteiger partial charge on any atom is 0.253 e. The minimum Gasteiger partial charge on any atom is -0.385 e. The van der Waals surface area contributed by atoms with Crippen molar-refractivity contribution in [2.24, 2.45) is 0 Å². The molecule has 2 aromatic carbocycles. The van der Waals surface area contributed by atoms with Crippen LogP contribution in [0.25, 0.3) is 5.69 Å². The topological polar surface area (TPSA) is 71.2 Å². The number of hydrogen-bond donors (Lipinski definition) is 1. The highest BCUT2D eigenvalue weighted by Gasteiger charge is 2.36. The first-order chi connectivity index (χ1) is 13.1. The number of aryl methyl sites for hydroxylation is 1. The molecule has 1 amide bonds. The van der Waals surface area contributed by atoms with Gasteiger partial charge in [-0.1, -0.05) is 30.3 Å². The summed E-state index contributed by atoms with van der Waals surface area (Å²) in [6.07, 6.45) is 4.28. The van der Waals surface area contributed by atoms with Gasteiger partial charge in [-0.15, -0.1) is 10.2 Å². The monoisotopic (exact) mass is 362 g/mol. The summed E-state index contributed by atoms with van der Waals surface area (Å²) in [4.78, 5) is 14.8. The van der Waals surface area contributed by atoms with Gasteiger partial charge in [0.1, 0.15) is 12.7 Å². The molecule has 27 heavy (non-hydrogen) atoms. The van der Waals surface area contributed by atoms with Crippen LogP contribution in [-0.2, 0) is 5.60 Å². The highest BCUT2D eigenvalue weighted by atomic mass is 16.3. The molecule has 6 heteroatoms. The summed E-state index contributed by atoms with van der Waals surface area (Å²) in [6, 6.07) is 15.4. The Labute approximate surface area is 158 Å². The molecule has 2 heterocycles. The maximum atomic E-state index is 12.9. The summed E-state index contributed by atoms with van der Waals surface area (Å²) < 4.78 is 1.77. The number of piperidine rings is 1. The first-order valence-electron chi connectivity index (χ1n) is 9.10. The molecule has 1 N–H and O–H groups in total. The zero-order valence-corrected chi connectivity index (χ0v) is 15.2. The van der Waals surface area contributed by atoms with Crippen LogP contribution >= 0.6 is 0 Å². The van der Waals surface area contributed by atoms with Crippen LogP contribution in [0.3, 0.4) is 0 Å². The number of carbonyl (C=O) groups excluding carboxylic acids is 1. The number of nitrogens with zero attached hydrogens (tertiary/aromatic N) is 4. The van der Waals surface area contributed by atoms with Gasteiger partial charge in [0.2, 0.25) is 0 Å². The molecular weight excluding hydrogens is 340 g/mol. The molecular formula is C21H22N4O2. The molecule has 4 rings (SSSR count). The van der Waals surface area contributed by atoms with Crippen molar-refractivity contribution in [1.29, 1.82) is 0 Å². The Hall–Kier alpha value is -2.99. The predicted molar refractivity (Wildman–Crippen MR) is 102 cm³/mol. The Bertz CT molecular complexity index is 944. The van der Waals surface area contributed by atoms with Crippen molar-refractivity contribution in [3.05, 3.63) is 77.9 Å². The Morgan fingerprint density at radius 3 is 2.44 bits per heavy atom. The normalized spacial score (nSPS) is 16.3. The first kappa shape index (κ1) is 17.4. The van der Waals surface area contributed by atoms with E-state index >= 15 is 0 Å². The van der Waals surface area contributed by atoms with E-state index in [1.165, 1.54) is 0 Å². The Morgan fingerprint density at radius 2 is 1.74 bits per heavy atom. The lowest BCUT2D eigenvalue weighted by Crippen LogP contribution is -2.45. The predicted octanol–water partition coefficient (Wildman–Crippen LogP) is 2.70. The Morgan fingerprint density at radius 1 is 1.04 bits per heavy atom. The van der Waals surface area contributed by atoms with Gasteiger partial charge in [-0.2, -0.15) is 0 Å². The van der Waals surface area contributed by atoms with Crippen molar-refractivity contribution in [3.63, 3.8) is 0 Å². The summed E-state index contributed by atoms with van der Waals surface area (Å²) in [7, 11) is 0. The molecule has 1 aromatic heterocycles. The summed E-state index contributed by atoms with van der Waals surface area (Å²) >= 11 is 0. The number of carbonyl (C=O) groups is 1. The van der Waals surface area contributed by atoms with Gasteiger partial charge in [-0.3, -0.25) is 9.36 Å². The van der Waals surface area contributed by atoms with Crippen LogP contribution in [0.4, 0.5) is 0 Å². The third-order valence-corrected chi connectivity index (χ3v) is 5.33. The van der Waals surface area contributed by atoms with Crippen molar-refractivity contribution in [2.75, 3.05) is 13.1 Å². The molecule has 0 aliphatic carbocycles. The molecule has 6 nitrogen and oxygen atoms in total. The molecule has 3 aromatic rings. The highest BCUT2D eigenvalue weighted by molar-refractivity contribution is 5.94. The minimum atomic E-state index is -0.869. The average Bonchev–Trinajstić information content (AvgIpc) is 3.23. The van der Waals surface area contributed by atoms with Crippen molar-refractivity contribution >= 4 is 5.91 Å². The van der Waals surface area contributed by atoms with Crippen molar-refractivity contribution in [1.82, 2.24) is 19.7 Å². The van der Waals surface area contributed by atoms with E-state index < -0.39 is 5.60 Å². The number of aliphatic hydroxyl groups is 1. The summed E-state index contributed by atoms with van der Waals surface area (Å²) in [6.45, 7) is 3.07. The van der Waals surface area contributed by atoms with E-state index in [1.54, 1.807) is 17.2 Å². The summed E-state index contributed by atoms with van der Waals surface area (Å²) in [5.74, 6) is -0.0169. The zero-order chi connectivity index (χ0) is 18.9. The Balaban J connectivity index is 1.49. The number of aromatic nitrogens is 3. The third kappa shape index (κ3) is 3.36. The minimum absolute atomic E-state index is 0.0169. The number of rotatable bonds is 3. The highest BCUT2D eigenvalue weighted by Crippen LogP contribution is 2.35. The van der Waals surface area contributed by atoms with Gasteiger partial charge in [0, 0.05) is 24.3 Å². The molecule has 0 saturated carbocycles. The van der Waals surface area contributed by atoms with Gasteiger partial charge in [-0.05, 0) is 49.1 Å². The second-order valence-corrected chi connectivity index (χ2v) is 7.06. The molecule has 0 atom stereocenters. The van der Waals surface area contributed by atoms with Crippen molar-refractivity contribution in [2.45, 2.75) is 25.4 Å². The molecule has 1 fully saturated rings. The average molecular weight is 362 g/mol. The lowest BCUT2D eigenvalue weighted by atomic mass is 9.82. The fourth-order valence-corrected chi connectivity index (χ4v) is 3.76. The lowest BCUT2D eigenvalue weighted by Gasteiger charge is -2.39. The van der Waals surface area contributed by atoms with Crippen LogP contribution in [0.1, 0.15) is 34.3 Å². The fraction of sp³-hybridized carbons (Fsp3) is 0.286. The lowest BCUT2D eigenvalue weighted by molar-refractivity contribution is -0.0215. The van der Waals surface area contributed by atoms with Crippen LogP contribution in [0, 0.1) is 6.92 Å². The maximum absolute atomic E-state index is 12.9. The van der Waals surface area contributed by atoms with Gasteiger partial charge in [-0.25, -0.2) is 0 Å². The van der Waals surface area contributed by atoms with Crippen molar-refractivity contribution in [3.8, 4) is 5.69 Å². The molecule has 0 radical (unpaired) electrons. The van der Waals surface area contributed by atoms with Crippen LogP contribution < -0.4 is 0 Å². The Kier molecular flexibility index (Phi) is 4.49. The van der Waals surface area contributed by atoms with Gasteiger partial charge in [0.05, 0.1) is 5.60 Å². The van der Waals surface area contributed by atoms with Gasteiger partial charge < -0.3 is 10.0 Å². The van der Waals surface area contributed by atoms with Crippen LogP contribution in [-0.4, -0.2) is 43.8 Å². The first-order valence-corrected chi connectivity index (χ1v) is 9.10. The number of amides is 1. The summed E-state index contributed by atoms with van der Waals surface area (Å²) in [5.41, 5.74) is 2.65. The fourth-order valence-electron chi connectivity index (χ4n) is 3.76. The van der Waals surface area contributed by atoms with E-state index in [4.69, 9.17) is 0 Å². The van der Waals surface area contributed by atoms with E-state index in [9.17, 15) is 9.90 Å². The van der Waals surface area contributed by atoms with Crippen LogP contribution in [0.2, 0.25) is 0 Å². The second-order valence-electron chi connectivity index (χ2n) is 7.06. The SMILES string of the molecule is Cc1ccccc1C1(O)CCN(C(=O)c2cccc(-n3cnnc3)c2)CC1. The third-order valence-electron chi connectivity index (χ3n) is 5.33. The smallest absolute Gasteiger partial charge is 0.253 e. The van der Waals surface area contributed by atoms with Gasteiger partial charge in [0.15, 0.2) is 0 Å². The van der Waals surface area contributed by atoms with E-state index in [-0.39, 0.29) is 5.91 Å². The van der Waals surface area contributed by atoms with Gasteiger partial charge in [0.25, 0.3) is 5.91 Å². The standard InChI is InChI=1S/C21H22N4O2/c1-16-5-2-3-8-19(16)21(27)9-11-24(12-10-21)20(26)17-6-4-7-18(13-17)25-14-22-23-15-25/h2-8,13-15,27H,9-12H2,1H3. The van der Waals surface area contributed by atoms with Crippen molar-refractivity contribution < 1.29 is 9.90 Å². The number of hydrogen-bond acceptors (Lipinski definition) is 4. The van der Waals surface area contributed by atoms with E-state index in [0.29, 0.717) is 31.5 Å². The van der Waals surface area contributed by atoms with E-state index in [1.807, 2.05) is 60.4 Å².